The molecule has 28 heavy (non-hydrogen) atoms. The number of nitrogens with one attached hydrogen (secondary N) is 1. The predicted molar refractivity (Wildman–Crippen MR) is 115 cm³/mol. The highest BCUT2D eigenvalue weighted by atomic mass is 16.5. The molecule has 0 atom stereocenters. The molecule has 0 bridgehead atoms. The maximum atomic E-state index is 5.41. The van der Waals surface area contributed by atoms with E-state index in [1.807, 2.05) is 0 Å². The van der Waals surface area contributed by atoms with Gasteiger partial charge in [-0.3, -0.25) is 4.90 Å². The van der Waals surface area contributed by atoms with Gasteiger partial charge in [0.05, 0.1) is 13.2 Å². The van der Waals surface area contributed by atoms with Crippen molar-refractivity contribution in [2.75, 3.05) is 44.7 Å². The van der Waals surface area contributed by atoms with Gasteiger partial charge in [-0.1, -0.05) is 36.4 Å². The van der Waals surface area contributed by atoms with E-state index in [-0.39, 0.29) is 0 Å². The number of anilines is 1. The lowest BCUT2D eigenvalue weighted by molar-refractivity contribution is 0.0378. The quantitative estimate of drug-likeness (QED) is 0.658. The fourth-order valence-electron chi connectivity index (χ4n) is 3.67. The number of rotatable bonds is 6. The lowest BCUT2D eigenvalue weighted by Crippen LogP contribution is -2.37. The van der Waals surface area contributed by atoms with Crippen molar-refractivity contribution < 1.29 is 4.74 Å². The van der Waals surface area contributed by atoms with Crippen molar-refractivity contribution in [1.82, 2.24) is 15.1 Å². The normalized spacial score (nSPS) is 15.1. The summed E-state index contributed by atoms with van der Waals surface area (Å²) in [6, 6.07) is 14.9. The van der Waals surface area contributed by atoms with Crippen LogP contribution in [0.1, 0.15) is 17.5 Å². The number of aromatic nitrogens is 2. The Labute approximate surface area is 166 Å². The van der Waals surface area contributed by atoms with Crippen molar-refractivity contribution in [2.24, 2.45) is 0 Å². The fraction of sp³-hybridized carbons (Fsp3) is 0.391. The van der Waals surface area contributed by atoms with Crippen LogP contribution in [0.25, 0.3) is 22.0 Å². The first-order chi connectivity index (χ1) is 13.7. The molecule has 1 aliphatic heterocycles. The van der Waals surface area contributed by atoms with E-state index in [2.05, 4.69) is 76.7 Å². The third-order valence-corrected chi connectivity index (χ3v) is 5.51. The van der Waals surface area contributed by atoms with Gasteiger partial charge in [-0.05, 0) is 44.0 Å². The molecule has 5 heteroatoms. The monoisotopic (exact) mass is 376 g/mol. The Morgan fingerprint density at radius 3 is 2.54 bits per heavy atom. The third kappa shape index (κ3) is 4.16. The summed E-state index contributed by atoms with van der Waals surface area (Å²) in [5, 5.41) is 14.9. The molecule has 1 fully saturated rings. The molecule has 4 rings (SSSR count). The lowest BCUT2D eigenvalue weighted by atomic mass is 10.0. The van der Waals surface area contributed by atoms with Crippen molar-refractivity contribution in [3.05, 3.63) is 53.6 Å². The minimum absolute atomic E-state index is 0.851. The number of benzene rings is 2. The number of nitrogens with zero attached hydrogens (tertiary/aromatic N) is 3. The van der Waals surface area contributed by atoms with Crippen LogP contribution in [0.15, 0.2) is 42.5 Å². The van der Waals surface area contributed by atoms with Gasteiger partial charge in [-0.25, -0.2) is 0 Å². The van der Waals surface area contributed by atoms with E-state index < -0.39 is 0 Å². The van der Waals surface area contributed by atoms with E-state index in [1.54, 1.807) is 0 Å². The first-order valence-electron chi connectivity index (χ1n) is 10.1. The van der Waals surface area contributed by atoms with Crippen LogP contribution in [0, 0.1) is 13.8 Å². The van der Waals surface area contributed by atoms with Crippen LogP contribution in [0.3, 0.4) is 0 Å². The molecule has 0 amide bonds. The van der Waals surface area contributed by atoms with E-state index in [1.165, 1.54) is 11.1 Å². The zero-order valence-electron chi connectivity index (χ0n) is 16.7. The summed E-state index contributed by atoms with van der Waals surface area (Å²) in [6.45, 7) is 10.0. The summed E-state index contributed by atoms with van der Waals surface area (Å²) in [5.41, 5.74) is 4.62. The predicted octanol–water partition coefficient (Wildman–Crippen LogP) is 4.05. The topological polar surface area (TPSA) is 50.3 Å². The van der Waals surface area contributed by atoms with E-state index >= 15 is 0 Å². The van der Waals surface area contributed by atoms with Gasteiger partial charge in [-0.2, -0.15) is 0 Å². The van der Waals surface area contributed by atoms with Gasteiger partial charge in [0.25, 0.3) is 0 Å². The average Bonchev–Trinajstić information content (AvgIpc) is 2.74. The summed E-state index contributed by atoms with van der Waals surface area (Å²) in [7, 11) is 0. The number of fused-ring (bicyclic) bond motifs is 1. The number of hydrogen-bond donors (Lipinski definition) is 1. The van der Waals surface area contributed by atoms with Crippen molar-refractivity contribution in [3.63, 3.8) is 0 Å². The smallest absolute Gasteiger partial charge is 0.156 e. The second-order valence-corrected chi connectivity index (χ2v) is 7.48. The van der Waals surface area contributed by atoms with Gasteiger partial charge in [0.1, 0.15) is 5.69 Å². The third-order valence-electron chi connectivity index (χ3n) is 5.51. The zero-order valence-corrected chi connectivity index (χ0v) is 16.7. The van der Waals surface area contributed by atoms with E-state index in [0.29, 0.717) is 0 Å². The van der Waals surface area contributed by atoms with Crippen molar-refractivity contribution in [1.29, 1.82) is 0 Å². The molecule has 3 aromatic rings. The zero-order chi connectivity index (χ0) is 19.3. The summed E-state index contributed by atoms with van der Waals surface area (Å²) in [5.74, 6) is 0.866. The molecule has 1 aliphatic rings. The van der Waals surface area contributed by atoms with Crippen LogP contribution in [0.5, 0.6) is 0 Å². The van der Waals surface area contributed by atoms with Crippen molar-refractivity contribution in [3.8, 4) is 11.3 Å². The minimum atomic E-state index is 0.851. The highest BCUT2D eigenvalue weighted by Gasteiger charge is 2.12. The Morgan fingerprint density at radius 1 is 0.964 bits per heavy atom. The maximum Gasteiger partial charge on any atom is 0.156 e. The Bertz CT molecular complexity index is 950. The first kappa shape index (κ1) is 18.8. The van der Waals surface area contributed by atoms with E-state index in [0.717, 1.165) is 73.7 Å². The van der Waals surface area contributed by atoms with Crippen LogP contribution >= 0.6 is 0 Å². The molecular formula is C23H28N4O. The Balaban J connectivity index is 1.51. The molecule has 1 N–H and O–H groups in total. The Morgan fingerprint density at radius 2 is 1.75 bits per heavy atom. The molecule has 0 radical (unpaired) electrons. The molecule has 2 aromatic carbocycles. The Kier molecular flexibility index (Phi) is 5.84. The second-order valence-electron chi connectivity index (χ2n) is 7.48. The van der Waals surface area contributed by atoms with Gasteiger partial charge in [0, 0.05) is 36.0 Å². The SMILES string of the molecule is Cc1ccc(-c2nnc(NCCCN3CCOCC3)c3ccccc23)cc1C. The summed E-state index contributed by atoms with van der Waals surface area (Å²) in [4.78, 5) is 2.46. The number of aryl methyl sites for hydroxylation is 2. The summed E-state index contributed by atoms with van der Waals surface area (Å²) >= 11 is 0. The summed E-state index contributed by atoms with van der Waals surface area (Å²) < 4.78 is 5.41. The number of morpholine rings is 1. The van der Waals surface area contributed by atoms with Gasteiger partial charge in [0.2, 0.25) is 0 Å². The van der Waals surface area contributed by atoms with E-state index in [9.17, 15) is 0 Å². The molecule has 0 unspecified atom stereocenters. The van der Waals surface area contributed by atoms with E-state index in [4.69, 9.17) is 4.74 Å². The van der Waals surface area contributed by atoms with Gasteiger partial charge < -0.3 is 10.1 Å². The molecular weight excluding hydrogens is 348 g/mol. The van der Waals surface area contributed by atoms with Crippen LogP contribution < -0.4 is 5.32 Å². The lowest BCUT2D eigenvalue weighted by Gasteiger charge is -2.26. The standard InChI is InChI=1S/C23H28N4O/c1-17-8-9-19(16-18(17)2)22-20-6-3-4-7-21(20)23(26-25-22)24-10-5-11-27-12-14-28-15-13-27/h3-4,6-9,16H,5,10-15H2,1-2H3,(H,24,26). The van der Waals surface area contributed by atoms with Gasteiger partial charge in [0.15, 0.2) is 5.82 Å². The minimum Gasteiger partial charge on any atom is -0.379 e. The second kappa shape index (κ2) is 8.67. The first-order valence-corrected chi connectivity index (χ1v) is 10.1. The van der Waals surface area contributed by atoms with Crippen molar-refractivity contribution in [2.45, 2.75) is 20.3 Å². The van der Waals surface area contributed by atoms with Gasteiger partial charge >= 0.3 is 0 Å². The van der Waals surface area contributed by atoms with Crippen LogP contribution in [0.2, 0.25) is 0 Å². The molecule has 1 aromatic heterocycles. The molecule has 146 valence electrons. The molecule has 1 saturated heterocycles. The molecule has 2 heterocycles. The average molecular weight is 377 g/mol. The highest BCUT2D eigenvalue weighted by Crippen LogP contribution is 2.30. The van der Waals surface area contributed by atoms with Crippen molar-refractivity contribution >= 4 is 16.6 Å². The summed E-state index contributed by atoms with van der Waals surface area (Å²) in [6.07, 6.45) is 1.08. The number of hydrogen-bond acceptors (Lipinski definition) is 5. The van der Waals surface area contributed by atoms with Crippen LogP contribution in [-0.4, -0.2) is 54.5 Å². The molecule has 0 aliphatic carbocycles. The molecule has 0 saturated carbocycles. The van der Waals surface area contributed by atoms with Crippen LogP contribution in [0.4, 0.5) is 5.82 Å². The molecule has 0 spiro atoms. The number of ether oxygens (including phenoxy) is 1. The maximum absolute atomic E-state index is 5.41. The molecule has 5 nitrogen and oxygen atoms in total. The fourth-order valence-corrected chi connectivity index (χ4v) is 3.67. The van der Waals surface area contributed by atoms with Crippen LogP contribution in [-0.2, 0) is 4.74 Å². The largest absolute Gasteiger partial charge is 0.379 e. The van der Waals surface area contributed by atoms with Gasteiger partial charge in [-0.15, -0.1) is 10.2 Å². The Hall–Kier alpha value is -2.50. The highest BCUT2D eigenvalue weighted by molar-refractivity contribution is 6.00.